The Hall–Kier alpha value is -1.50. The maximum Gasteiger partial charge on any atom is 0.573 e. The minimum absolute atomic E-state index is 0.299. The van der Waals surface area contributed by atoms with E-state index < -0.39 is 6.36 Å². The van der Waals surface area contributed by atoms with Crippen LogP contribution in [0.5, 0.6) is 5.75 Å². The zero-order chi connectivity index (χ0) is 14.0. The van der Waals surface area contributed by atoms with Gasteiger partial charge in [0, 0.05) is 25.2 Å². The molecule has 2 rings (SSSR count). The van der Waals surface area contributed by atoms with Crippen molar-refractivity contribution in [3.63, 3.8) is 0 Å². The fourth-order valence-electron chi connectivity index (χ4n) is 2.27. The molecule has 19 heavy (non-hydrogen) atoms. The first kappa shape index (κ1) is 13.9. The maximum atomic E-state index is 12.0. The van der Waals surface area contributed by atoms with E-state index in [4.69, 9.17) is 0 Å². The quantitative estimate of drug-likeness (QED) is 0.897. The summed E-state index contributed by atoms with van der Waals surface area (Å²) < 4.78 is 39.9. The van der Waals surface area contributed by atoms with Crippen molar-refractivity contribution in [1.29, 1.82) is 0 Å². The Morgan fingerprint density at radius 1 is 1.26 bits per heavy atom. The molecule has 7 heteroatoms. The molecule has 0 radical (unpaired) electrons. The van der Waals surface area contributed by atoms with Crippen molar-refractivity contribution in [3.8, 4) is 5.75 Å². The zero-order valence-corrected chi connectivity index (χ0v) is 10.7. The Morgan fingerprint density at radius 3 is 2.37 bits per heavy atom. The van der Waals surface area contributed by atoms with E-state index in [9.17, 15) is 13.2 Å². The van der Waals surface area contributed by atoms with Gasteiger partial charge in [0.05, 0.1) is 6.20 Å². The van der Waals surface area contributed by atoms with Crippen LogP contribution in [0, 0.1) is 0 Å². The van der Waals surface area contributed by atoms with Gasteiger partial charge in [-0.15, -0.1) is 13.2 Å². The van der Waals surface area contributed by atoms with Gasteiger partial charge in [0.2, 0.25) is 0 Å². The molecule has 1 aliphatic heterocycles. The normalized spacial score (nSPS) is 24.4. The number of nitrogens with one attached hydrogen (secondary N) is 1. The minimum atomic E-state index is -4.68. The average Bonchev–Trinajstić information content (AvgIpc) is 2.26. The van der Waals surface area contributed by atoms with Crippen LogP contribution in [0.25, 0.3) is 0 Å². The molecule has 0 aromatic carbocycles. The average molecular weight is 275 g/mol. The number of aromatic nitrogens is 1. The van der Waals surface area contributed by atoms with Crippen LogP contribution in [0.4, 0.5) is 19.0 Å². The molecule has 0 bridgehead atoms. The van der Waals surface area contributed by atoms with Crippen molar-refractivity contribution in [2.24, 2.45) is 0 Å². The van der Waals surface area contributed by atoms with Crippen molar-refractivity contribution in [2.45, 2.75) is 32.3 Å². The molecule has 1 N–H and O–H groups in total. The zero-order valence-electron chi connectivity index (χ0n) is 10.7. The van der Waals surface area contributed by atoms with Crippen LogP contribution in [0.3, 0.4) is 0 Å². The molecule has 2 heterocycles. The molecule has 0 aliphatic carbocycles. The minimum Gasteiger partial charge on any atom is -0.404 e. The van der Waals surface area contributed by atoms with E-state index in [1.54, 1.807) is 6.07 Å². The SMILES string of the molecule is C[C@@H]1CN(c2ccc(OC(F)(F)F)cn2)C[C@H](C)N1. The van der Waals surface area contributed by atoms with Crippen molar-refractivity contribution in [3.05, 3.63) is 18.3 Å². The lowest BCUT2D eigenvalue weighted by Crippen LogP contribution is -2.54. The van der Waals surface area contributed by atoms with E-state index in [1.807, 2.05) is 4.90 Å². The highest BCUT2D eigenvalue weighted by atomic mass is 19.4. The molecule has 2 atom stereocenters. The first-order valence-electron chi connectivity index (χ1n) is 6.06. The van der Waals surface area contributed by atoms with Crippen LogP contribution in [-0.4, -0.2) is 36.5 Å². The van der Waals surface area contributed by atoms with E-state index in [0.29, 0.717) is 17.9 Å². The molecule has 0 spiro atoms. The monoisotopic (exact) mass is 275 g/mol. The number of pyridine rings is 1. The summed E-state index contributed by atoms with van der Waals surface area (Å²) in [6.45, 7) is 5.67. The third kappa shape index (κ3) is 3.99. The fourth-order valence-corrected chi connectivity index (χ4v) is 2.27. The Morgan fingerprint density at radius 2 is 1.89 bits per heavy atom. The van der Waals surface area contributed by atoms with Gasteiger partial charge in [-0.25, -0.2) is 4.98 Å². The third-order valence-electron chi connectivity index (χ3n) is 2.84. The smallest absolute Gasteiger partial charge is 0.404 e. The summed E-state index contributed by atoms with van der Waals surface area (Å²) in [5.74, 6) is 0.363. The molecule has 0 saturated carbocycles. The molecule has 4 nitrogen and oxygen atoms in total. The van der Waals surface area contributed by atoms with Crippen LogP contribution in [-0.2, 0) is 0 Å². The number of hydrogen-bond acceptors (Lipinski definition) is 4. The predicted octanol–water partition coefficient (Wildman–Crippen LogP) is 2.17. The van der Waals surface area contributed by atoms with Crippen LogP contribution in [0.1, 0.15) is 13.8 Å². The third-order valence-corrected chi connectivity index (χ3v) is 2.84. The number of ether oxygens (including phenoxy) is 1. The lowest BCUT2D eigenvalue weighted by molar-refractivity contribution is -0.274. The van der Waals surface area contributed by atoms with E-state index in [2.05, 4.69) is 28.9 Å². The predicted molar refractivity (Wildman–Crippen MR) is 65.2 cm³/mol. The van der Waals surface area contributed by atoms with Gasteiger partial charge >= 0.3 is 6.36 Å². The molecule has 0 unspecified atom stereocenters. The van der Waals surface area contributed by atoms with E-state index in [1.165, 1.54) is 6.07 Å². The molecule has 106 valence electrons. The number of rotatable bonds is 2. The Bertz CT molecular complexity index is 411. The van der Waals surface area contributed by atoms with Crippen LogP contribution in [0.2, 0.25) is 0 Å². The first-order chi connectivity index (χ1) is 8.83. The number of halogens is 3. The largest absolute Gasteiger partial charge is 0.573 e. The number of nitrogens with zero attached hydrogens (tertiary/aromatic N) is 2. The van der Waals surface area contributed by atoms with E-state index in [-0.39, 0.29) is 5.75 Å². The Kier molecular flexibility index (Phi) is 3.84. The standard InChI is InChI=1S/C12H16F3N3O/c1-8-6-18(7-9(2)17-8)11-4-3-10(5-16-11)19-12(13,14)15/h3-5,8-9,17H,6-7H2,1-2H3/t8-,9+. The summed E-state index contributed by atoms with van der Waals surface area (Å²) in [6.07, 6.45) is -3.58. The second-order valence-electron chi connectivity index (χ2n) is 4.77. The molecule has 1 aromatic heterocycles. The number of alkyl halides is 3. The van der Waals surface area contributed by atoms with Crippen molar-refractivity contribution < 1.29 is 17.9 Å². The Balaban J connectivity index is 2.05. The van der Waals surface area contributed by atoms with Crippen LogP contribution in [0.15, 0.2) is 18.3 Å². The summed E-state index contributed by atoms with van der Waals surface area (Å²) in [7, 11) is 0. The number of piperazine rings is 1. The van der Waals surface area contributed by atoms with Gasteiger partial charge < -0.3 is 15.0 Å². The van der Waals surface area contributed by atoms with Gasteiger partial charge in [-0.2, -0.15) is 0 Å². The highest BCUT2D eigenvalue weighted by molar-refractivity contribution is 5.42. The van der Waals surface area contributed by atoms with E-state index in [0.717, 1.165) is 19.3 Å². The summed E-state index contributed by atoms with van der Waals surface area (Å²) in [6, 6.07) is 3.47. The molecular formula is C12H16F3N3O. The molecule has 1 aliphatic rings. The second-order valence-corrected chi connectivity index (χ2v) is 4.77. The molecule has 1 aromatic rings. The maximum absolute atomic E-state index is 12.0. The lowest BCUT2D eigenvalue weighted by Gasteiger charge is -2.36. The highest BCUT2D eigenvalue weighted by Crippen LogP contribution is 2.24. The summed E-state index contributed by atoms with van der Waals surface area (Å²) in [5.41, 5.74) is 0. The van der Waals surface area contributed by atoms with Crippen LogP contribution < -0.4 is 15.0 Å². The highest BCUT2D eigenvalue weighted by Gasteiger charge is 2.31. The molecule has 1 saturated heterocycles. The summed E-state index contributed by atoms with van der Waals surface area (Å²) >= 11 is 0. The van der Waals surface area contributed by atoms with Crippen molar-refractivity contribution >= 4 is 5.82 Å². The van der Waals surface area contributed by atoms with E-state index >= 15 is 0 Å². The van der Waals surface area contributed by atoms with Gasteiger partial charge in [-0.3, -0.25) is 0 Å². The van der Waals surface area contributed by atoms with Gasteiger partial charge in [-0.05, 0) is 26.0 Å². The number of hydrogen-bond donors (Lipinski definition) is 1. The van der Waals surface area contributed by atoms with Gasteiger partial charge in [0.25, 0.3) is 0 Å². The summed E-state index contributed by atoms with van der Waals surface area (Å²) in [5, 5.41) is 3.38. The van der Waals surface area contributed by atoms with Gasteiger partial charge in [0.15, 0.2) is 0 Å². The van der Waals surface area contributed by atoms with Gasteiger partial charge in [0.1, 0.15) is 11.6 Å². The number of anilines is 1. The molecule has 0 amide bonds. The topological polar surface area (TPSA) is 37.4 Å². The Labute approximate surface area is 109 Å². The first-order valence-corrected chi connectivity index (χ1v) is 6.06. The van der Waals surface area contributed by atoms with Crippen molar-refractivity contribution in [1.82, 2.24) is 10.3 Å². The summed E-state index contributed by atoms with van der Waals surface area (Å²) in [4.78, 5) is 6.07. The van der Waals surface area contributed by atoms with Gasteiger partial charge in [-0.1, -0.05) is 0 Å². The molecule has 1 fully saturated rings. The molecular weight excluding hydrogens is 259 g/mol. The van der Waals surface area contributed by atoms with Crippen LogP contribution >= 0.6 is 0 Å². The van der Waals surface area contributed by atoms with Crippen molar-refractivity contribution in [2.75, 3.05) is 18.0 Å². The lowest BCUT2D eigenvalue weighted by atomic mass is 10.1. The fraction of sp³-hybridized carbons (Fsp3) is 0.583. The second kappa shape index (κ2) is 5.24.